The van der Waals surface area contributed by atoms with Gasteiger partial charge >= 0.3 is 0 Å². The molecule has 0 aromatic rings. The quantitative estimate of drug-likeness (QED) is 0.671. The first-order valence-electron chi connectivity index (χ1n) is 7.79. The zero-order valence-electron chi connectivity index (χ0n) is 13.2. The van der Waals surface area contributed by atoms with Crippen molar-refractivity contribution in [3.8, 4) is 0 Å². The van der Waals surface area contributed by atoms with E-state index in [0.29, 0.717) is 25.0 Å². The molecule has 0 aliphatic carbocycles. The maximum Gasteiger partial charge on any atom is 0.226 e. The second kappa shape index (κ2) is 9.32. The molecule has 1 rings (SSSR count). The van der Waals surface area contributed by atoms with Gasteiger partial charge in [0.2, 0.25) is 5.91 Å². The van der Waals surface area contributed by atoms with Crippen LogP contribution in [0.2, 0.25) is 0 Å². The molecule has 1 saturated heterocycles. The lowest BCUT2D eigenvalue weighted by atomic mass is 9.91. The average Bonchev–Trinajstić information content (AvgIpc) is 2.44. The molecule has 1 aliphatic rings. The van der Waals surface area contributed by atoms with Gasteiger partial charge in [-0.3, -0.25) is 9.69 Å². The van der Waals surface area contributed by atoms with Crippen molar-refractivity contribution in [2.75, 3.05) is 52.5 Å². The molecule has 5 nitrogen and oxygen atoms in total. The number of carbonyl (C=O) groups excluding carboxylic acids is 1. The molecule has 0 saturated carbocycles. The molecule has 1 fully saturated rings. The maximum atomic E-state index is 12.4. The monoisotopic (exact) mass is 286 g/mol. The molecule has 5 heteroatoms. The Kier molecular flexibility index (Phi) is 8.11. The molecule has 0 bridgehead atoms. The standard InChI is InChI=1S/C15H30N2O3/c1-4-14(13(2)3)15(19)17-7-5-16(6-8-17)9-11-20-12-10-18/h13-14,18H,4-12H2,1-3H3. The van der Waals surface area contributed by atoms with E-state index in [2.05, 4.69) is 25.7 Å². The van der Waals surface area contributed by atoms with Crippen molar-refractivity contribution in [1.82, 2.24) is 9.80 Å². The third-order valence-corrected chi connectivity index (χ3v) is 4.03. The zero-order valence-corrected chi connectivity index (χ0v) is 13.2. The summed E-state index contributed by atoms with van der Waals surface area (Å²) in [5.41, 5.74) is 0. The van der Waals surface area contributed by atoms with Crippen LogP contribution in [0.15, 0.2) is 0 Å². The molecular formula is C15H30N2O3. The van der Waals surface area contributed by atoms with Crippen molar-refractivity contribution in [2.45, 2.75) is 27.2 Å². The van der Waals surface area contributed by atoms with Crippen LogP contribution in [-0.2, 0) is 9.53 Å². The van der Waals surface area contributed by atoms with Crippen LogP contribution in [0.5, 0.6) is 0 Å². The minimum atomic E-state index is 0.0793. The highest BCUT2D eigenvalue weighted by Gasteiger charge is 2.27. The molecule has 118 valence electrons. The van der Waals surface area contributed by atoms with Crippen molar-refractivity contribution in [3.63, 3.8) is 0 Å². The molecular weight excluding hydrogens is 256 g/mol. The fourth-order valence-corrected chi connectivity index (χ4v) is 2.72. The number of hydrogen-bond donors (Lipinski definition) is 1. The smallest absolute Gasteiger partial charge is 0.226 e. The minimum Gasteiger partial charge on any atom is -0.394 e. The third kappa shape index (κ3) is 5.38. The topological polar surface area (TPSA) is 53.0 Å². The van der Waals surface area contributed by atoms with E-state index in [4.69, 9.17) is 9.84 Å². The van der Waals surface area contributed by atoms with E-state index in [0.717, 1.165) is 39.1 Å². The zero-order chi connectivity index (χ0) is 15.0. The van der Waals surface area contributed by atoms with E-state index < -0.39 is 0 Å². The Balaban J connectivity index is 2.29. The highest BCUT2D eigenvalue weighted by Crippen LogP contribution is 2.18. The van der Waals surface area contributed by atoms with Gasteiger partial charge < -0.3 is 14.7 Å². The van der Waals surface area contributed by atoms with Crippen molar-refractivity contribution >= 4 is 5.91 Å². The lowest BCUT2D eigenvalue weighted by Gasteiger charge is -2.37. The SMILES string of the molecule is CCC(C(=O)N1CCN(CCOCCO)CC1)C(C)C. The number of rotatable bonds is 8. The number of aliphatic hydroxyl groups is 1. The van der Waals surface area contributed by atoms with E-state index in [1.165, 1.54) is 0 Å². The largest absolute Gasteiger partial charge is 0.394 e. The van der Waals surface area contributed by atoms with Crippen LogP contribution < -0.4 is 0 Å². The third-order valence-electron chi connectivity index (χ3n) is 4.03. The van der Waals surface area contributed by atoms with Crippen LogP contribution in [0.4, 0.5) is 0 Å². The molecule has 1 aliphatic heterocycles. The molecule has 1 atom stereocenters. The Bertz CT molecular complexity index is 276. The normalized spacial score (nSPS) is 18.6. The van der Waals surface area contributed by atoms with Crippen molar-refractivity contribution in [2.24, 2.45) is 11.8 Å². The first-order valence-corrected chi connectivity index (χ1v) is 7.79. The highest BCUT2D eigenvalue weighted by atomic mass is 16.5. The highest BCUT2D eigenvalue weighted by molar-refractivity contribution is 5.79. The Labute approximate surface area is 122 Å². The molecule has 20 heavy (non-hydrogen) atoms. The second-order valence-corrected chi connectivity index (χ2v) is 5.76. The van der Waals surface area contributed by atoms with Gasteiger partial charge in [0.25, 0.3) is 0 Å². The molecule has 0 spiro atoms. The fourth-order valence-electron chi connectivity index (χ4n) is 2.72. The molecule has 1 heterocycles. The summed E-state index contributed by atoms with van der Waals surface area (Å²) >= 11 is 0. The van der Waals surface area contributed by atoms with E-state index >= 15 is 0 Å². The summed E-state index contributed by atoms with van der Waals surface area (Å²) in [5, 5.41) is 8.64. The summed E-state index contributed by atoms with van der Waals surface area (Å²) in [6.45, 7) is 11.8. The van der Waals surface area contributed by atoms with Gasteiger partial charge in [-0.25, -0.2) is 0 Å². The first-order chi connectivity index (χ1) is 9.60. The van der Waals surface area contributed by atoms with Crippen LogP contribution in [0, 0.1) is 11.8 Å². The first kappa shape index (κ1) is 17.4. The van der Waals surface area contributed by atoms with Gasteiger partial charge in [0.15, 0.2) is 0 Å². The minimum absolute atomic E-state index is 0.0793. The van der Waals surface area contributed by atoms with E-state index in [1.54, 1.807) is 0 Å². The van der Waals surface area contributed by atoms with Gasteiger partial charge in [0, 0.05) is 38.6 Å². The summed E-state index contributed by atoms with van der Waals surface area (Å²) in [7, 11) is 0. The lowest BCUT2D eigenvalue weighted by molar-refractivity contribution is -0.139. The number of carbonyl (C=O) groups is 1. The second-order valence-electron chi connectivity index (χ2n) is 5.76. The number of ether oxygens (including phenoxy) is 1. The lowest BCUT2D eigenvalue weighted by Crippen LogP contribution is -2.51. The van der Waals surface area contributed by atoms with Gasteiger partial charge in [-0.05, 0) is 12.3 Å². The summed E-state index contributed by atoms with van der Waals surface area (Å²) in [4.78, 5) is 16.8. The Morgan fingerprint density at radius 3 is 2.35 bits per heavy atom. The summed E-state index contributed by atoms with van der Waals surface area (Å²) in [6, 6.07) is 0. The van der Waals surface area contributed by atoms with Crippen LogP contribution in [0.1, 0.15) is 27.2 Å². The maximum absolute atomic E-state index is 12.4. The van der Waals surface area contributed by atoms with Crippen molar-refractivity contribution in [3.05, 3.63) is 0 Å². The van der Waals surface area contributed by atoms with Gasteiger partial charge in [0.1, 0.15) is 0 Å². The predicted molar refractivity (Wildman–Crippen MR) is 79.5 cm³/mol. The summed E-state index contributed by atoms with van der Waals surface area (Å²) < 4.78 is 5.27. The van der Waals surface area contributed by atoms with Gasteiger partial charge in [0.05, 0.1) is 19.8 Å². The van der Waals surface area contributed by atoms with Crippen LogP contribution >= 0.6 is 0 Å². The Morgan fingerprint density at radius 1 is 1.20 bits per heavy atom. The van der Waals surface area contributed by atoms with Crippen LogP contribution in [0.3, 0.4) is 0 Å². The molecule has 1 unspecified atom stereocenters. The molecule has 0 radical (unpaired) electrons. The van der Waals surface area contributed by atoms with Crippen molar-refractivity contribution < 1.29 is 14.6 Å². The number of hydrogen-bond acceptors (Lipinski definition) is 4. The van der Waals surface area contributed by atoms with Crippen LogP contribution in [-0.4, -0.2) is 73.4 Å². The molecule has 1 amide bonds. The summed E-state index contributed by atoms with van der Waals surface area (Å²) in [6.07, 6.45) is 0.922. The van der Waals surface area contributed by atoms with E-state index in [-0.39, 0.29) is 12.5 Å². The van der Waals surface area contributed by atoms with Gasteiger partial charge in [-0.2, -0.15) is 0 Å². The number of nitrogens with zero attached hydrogens (tertiary/aromatic N) is 2. The van der Waals surface area contributed by atoms with E-state index in [9.17, 15) is 4.79 Å². The predicted octanol–water partition coefficient (Wildman–Crippen LogP) is 0.822. The average molecular weight is 286 g/mol. The molecule has 1 N–H and O–H groups in total. The molecule has 0 aromatic carbocycles. The number of aliphatic hydroxyl groups excluding tert-OH is 1. The number of piperazine rings is 1. The molecule has 0 aromatic heterocycles. The Hall–Kier alpha value is -0.650. The van der Waals surface area contributed by atoms with Crippen LogP contribution in [0.25, 0.3) is 0 Å². The number of amides is 1. The van der Waals surface area contributed by atoms with Crippen molar-refractivity contribution in [1.29, 1.82) is 0 Å². The fraction of sp³-hybridized carbons (Fsp3) is 0.933. The van der Waals surface area contributed by atoms with E-state index in [1.807, 2.05) is 4.90 Å². The Morgan fingerprint density at radius 2 is 1.85 bits per heavy atom. The van der Waals surface area contributed by atoms with Gasteiger partial charge in [-0.15, -0.1) is 0 Å². The summed E-state index contributed by atoms with van der Waals surface area (Å²) in [5.74, 6) is 0.894. The van der Waals surface area contributed by atoms with Gasteiger partial charge in [-0.1, -0.05) is 20.8 Å².